The van der Waals surface area contributed by atoms with Gasteiger partial charge < -0.3 is 11.1 Å². The van der Waals surface area contributed by atoms with Crippen LogP contribution in [0.15, 0.2) is 22.7 Å². The molecule has 1 saturated carbocycles. The highest BCUT2D eigenvalue weighted by molar-refractivity contribution is 9.10. The molecule has 94 valence electrons. The fourth-order valence-electron chi connectivity index (χ4n) is 2.63. The molecule has 1 aromatic rings. The zero-order valence-corrected chi connectivity index (χ0v) is 12.0. The van der Waals surface area contributed by atoms with Gasteiger partial charge in [-0.2, -0.15) is 0 Å². The summed E-state index contributed by atoms with van der Waals surface area (Å²) in [4.78, 5) is 0. The highest BCUT2D eigenvalue weighted by Crippen LogP contribution is 2.29. The van der Waals surface area contributed by atoms with Crippen molar-refractivity contribution in [3.63, 3.8) is 0 Å². The quantitative estimate of drug-likeness (QED) is 0.893. The minimum absolute atomic E-state index is 0.543. The van der Waals surface area contributed by atoms with E-state index in [-0.39, 0.29) is 0 Å². The number of halogens is 1. The van der Waals surface area contributed by atoms with E-state index in [1.807, 2.05) is 0 Å². The van der Waals surface area contributed by atoms with Gasteiger partial charge in [-0.1, -0.05) is 34.8 Å². The second-order valence-corrected chi connectivity index (χ2v) is 5.91. The van der Waals surface area contributed by atoms with E-state index in [2.05, 4.69) is 46.4 Å². The first-order valence-electron chi connectivity index (χ1n) is 6.43. The average Bonchev–Trinajstić information content (AvgIpc) is 2.34. The van der Waals surface area contributed by atoms with Gasteiger partial charge >= 0.3 is 0 Å². The molecule has 2 nitrogen and oxygen atoms in total. The second-order valence-electron chi connectivity index (χ2n) is 4.99. The van der Waals surface area contributed by atoms with Crippen LogP contribution in [0.3, 0.4) is 0 Å². The molecule has 0 radical (unpaired) electrons. The number of anilines is 1. The van der Waals surface area contributed by atoms with Crippen molar-refractivity contribution in [1.82, 2.24) is 0 Å². The molecule has 0 saturated heterocycles. The van der Waals surface area contributed by atoms with Crippen LogP contribution >= 0.6 is 15.9 Å². The monoisotopic (exact) mass is 296 g/mol. The van der Waals surface area contributed by atoms with Gasteiger partial charge in [0.2, 0.25) is 0 Å². The van der Waals surface area contributed by atoms with Crippen molar-refractivity contribution in [2.45, 2.75) is 38.6 Å². The van der Waals surface area contributed by atoms with Crippen molar-refractivity contribution < 1.29 is 0 Å². The summed E-state index contributed by atoms with van der Waals surface area (Å²) in [5.41, 5.74) is 8.41. The summed E-state index contributed by atoms with van der Waals surface area (Å²) in [5, 5.41) is 3.68. The van der Waals surface area contributed by atoms with Gasteiger partial charge in [-0.25, -0.2) is 0 Å². The number of hydrogen-bond acceptors (Lipinski definition) is 2. The minimum atomic E-state index is 0.543. The molecule has 1 fully saturated rings. The van der Waals surface area contributed by atoms with Crippen molar-refractivity contribution in [1.29, 1.82) is 0 Å². The predicted molar refractivity (Wildman–Crippen MR) is 77.3 cm³/mol. The molecule has 3 N–H and O–H groups in total. The van der Waals surface area contributed by atoms with E-state index in [9.17, 15) is 0 Å². The molecule has 3 heteroatoms. The Labute approximate surface area is 112 Å². The summed E-state index contributed by atoms with van der Waals surface area (Å²) in [6.07, 6.45) is 5.16. The van der Waals surface area contributed by atoms with Crippen LogP contribution in [0.4, 0.5) is 5.69 Å². The van der Waals surface area contributed by atoms with E-state index in [0.29, 0.717) is 12.0 Å². The third-order valence-electron chi connectivity index (χ3n) is 3.75. The molecule has 0 aliphatic heterocycles. The van der Waals surface area contributed by atoms with E-state index in [0.717, 1.165) is 11.0 Å². The van der Waals surface area contributed by atoms with Crippen molar-refractivity contribution in [2.75, 3.05) is 11.9 Å². The van der Waals surface area contributed by atoms with Gasteiger partial charge in [-0.3, -0.25) is 0 Å². The lowest BCUT2D eigenvalue weighted by Gasteiger charge is -2.32. The number of aryl methyl sites for hydroxylation is 1. The number of nitrogens with one attached hydrogen (secondary N) is 1. The Hall–Kier alpha value is -0.540. The molecular formula is C14H21BrN2. The fraction of sp³-hybridized carbons (Fsp3) is 0.571. The first-order valence-corrected chi connectivity index (χ1v) is 7.23. The van der Waals surface area contributed by atoms with Crippen molar-refractivity contribution in [3.05, 3.63) is 28.2 Å². The Kier molecular flexibility index (Phi) is 4.46. The molecule has 2 atom stereocenters. The van der Waals surface area contributed by atoms with E-state index < -0.39 is 0 Å². The van der Waals surface area contributed by atoms with E-state index in [1.165, 1.54) is 36.9 Å². The standard InChI is InChI=1S/C14H21BrN2/c1-10-6-7-12(15)8-14(10)17-13-5-3-2-4-11(13)9-16/h6-8,11,13,17H,2-5,9,16H2,1H3. The van der Waals surface area contributed by atoms with Crippen LogP contribution < -0.4 is 11.1 Å². The molecule has 1 aromatic carbocycles. The Morgan fingerprint density at radius 2 is 2.12 bits per heavy atom. The number of rotatable bonds is 3. The van der Waals surface area contributed by atoms with Crippen LogP contribution in [0.1, 0.15) is 31.2 Å². The Bertz CT molecular complexity index is 378. The minimum Gasteiger partial charge on any atom is -0.382 e. The summed E-state index contributed by atoms with van der Waals surface area (Å²) in [6, 6.07) is 6.94. The van der Waals surface area contributed by atoms with Gasteiger partial charge in [0.05, 0.1) is 0 Å². The number of benzene rings is 1. The molecule has 0 amide bonds. The van der Waals surface area contributed by atoms with Gasteiger partial charge in [0.1, 0.15) is 0 Å². The molecule has 17 heavy (non-hydrogen) atoms. The van der Waals surface area contributed by atoms with Crippen molar-refractivity contribution >= 4 is 21.6 Å². The van der Waals surface area contributed by atoms with Crippen LogP contribution in [-0.2, 0) is 0 Å². The lowest BCUT2D eigenvalue weighted by Crippen LogP contribution is -2.36. The van der Waals surface area contributed by atoms with Crippen LogP contribution in [0.2, 0.25) is 0 Å². The van der Waals surface area contributed by atoms with Gasteiger partial charge in [0, 0.05) is 16.2 Å². The smallest absolute Gasteiger partial charge is 0.0383 e. The molecule has 2 rings (SSSR count). The predicted octanol–water partition coefficient (Wildman–Crippen LogP) is 3.69. The summed E-state index contributed by atoms with van der Waals surface area (Å²) in [5.74, 6) is 0.627. The molecule has 1 aliphatic carbocycles. The zero-order valence-electron chi connectivity index (χ0n) is 10.4. The average molecular weight is 297 g/mol. The number of nitrogens with two attached hydrogens (primary N) is 1. The van der Waals surface area contributed by atoms with Gasteiger partial charge in [-0.05, 0) is 49.9 Å². The lowest BCUT2D eigenvalue weighted by atomic mass is 9.84. The zero-order chi connectivity index (χ0) is 12.3. The SMILES string of the molecule is Cc1ccc(Br)cc1NC1CCCCC1CN. The summed E-state index contributed by atoms with van der Waals surface area (Å²) in [7, 11) is 0. The Morgan fingerprint density at radius 1 is 1.35 bits per heavy atom. The summed E-state index contributed by atoms with van der Waals surface area (Å²) >= 11 is 3.53. The first kappa shape index (κ1) is 12.9. The van der Waals surface area contributed by atoms with E-state index in [4.69, 9.17) is 5.73 Å². The highest BCUT2D eigenvalue weighted by Gasteiger charge is 2.23. The lowest BCUT2D eigenvalue weighted by molar-refractivity contribution is 0.332. The fourth-order valence-corrected chi connectivity index (χ4v) is 2.99. The molecule has 0 heterocycles. The topological polar surface area (TPSA) is 38.0 Å². The maximum absolute atomic E-state index is 5.87. The third-order valence-corrected chi connectivity index (χ3v) is 4.25. The first-order chi connectivity index (χ1) is 8.20. The molecule has 2 unspecified atom stereocenters. The Balaban J connectivity index is 2.10. The van der Waals surface area contributed by atoms with Gasteiger partial charge in [-0.15, -0.1) is 0 Å². The molecule has 0 bridgehead atoms. The van der Waals surface area contributed by atoms with Crippen molar-refractivity contribution in [3.8, 4) is 0 Å². The molecule has 0 spiro atoms. The maximum Gasteiger partial charge on any atom is 0.0383 e. The number of hydrogen-bond donors (Lipinski definition) is 2. The highest BCUT2D eigenvalue weighted by atomic mass is 79.9. The van der Waals surface area contributed by atoms with Crippen molar-refractivity contribution in [2.24, 2.45) is 11.7 Å². The van der Waals surface area contributed by atoms with Gasteiger partial charge in [0.15, 0.2) is 0 Å². The van der Waals surface area contributed by atoms with Crippen LogP contribution in [0, 0.1) is 12.8 Å². The van der Waals surface area contributed by atoms with Crippen LogP contribution in [0.25, 0.3) is 0 Å². The second kappa shape index (κ2) is 5.87. The third kappa shape index (κ3) is 3.23. The van der Waals surface area contributed by atoms with Crippen LogP contribution in [-0.4, -0.2) is 12.6 Å². The van der Waals surface area contributed by atoms with E-state index >= 15 is 0 Å². The van der Waals surface area contributed by atoms with E-state index in [1.54, 1.807) is 0 Å². The largest absolute Gasteiger partial charge is 0.382 e. The molecule has 1 aliphatic rings. The Morgan fingerprint density at radius 3 is 2.88 bits per heavy atom. The van der Waals surface area contributed by atoms with Gasteiger partial charge in [0.25, 0.3) is 0 Å². The molecular weight excluding hydrogens is 276 g/mol. The summed E-state index contributed by atoms with van der Waals surface area (Å²) in [6.45, 7) is 2.94. The van der Waals surface area contributed by atoms with Crippen LogP contribution in [0.5, 0.6) is 0 Å². The normalized spacial score (nSPS) is 24.6. The maximum atomic E-state index is 5.87. The summed E-state index contributed by atoms with van der Waals surface area (Å²) < 4.78 is 1.13. The molecule has 0 aromatic heterocycles.